The predicted octanol–water partition coefficient (Wildman–Crippen LogP) is 2.44. The van der Waals surface area contributed by atoms with Crippen LogP contribution in [0, 0.1) is 6.92 Å². The van der Waals surface area contributed by atoms with E-state index in [4.69, 9.17) is 4.74 Å². The van der Waals surface area contributed by atoms with Crippen molar-refractivity contribution in [1.29, 1.82) is 0 Å². The molecule has 0 radical (unpaired) electrons. The summed E-state index contributed by atoms with van der Waals surface area (Å²) in [6, 6.07) is 14.0. The van der Waals surface area contributed by atoms with Crippen LogP contribution in [0.5, 0.6) is 0 Å². The van der Waals surface area contributed by atoms with Crippen molar-refractivity contribution in [2.45, 2.75) is 30.7 Å². The molecule has 0 spiro atoms. The zero-order valence-corrected chi connectivity index (χ0v) is 17.0. The number of carbonyl (C=O) groups excluding carboxylic acids is 1. The fraction of sp³-hybridized carbons (Fsp3) is 0.381. The first kappa shape index (κ1) is 20.5. The van der Waals surface area contributed by atoms with E-state index >= 15 is 0 Å². The number of amides is 1. The quantitative estimate of drug-likeness (QED) is 0.722. The summed E-state index contributed by atoms with van der Waals surface area (Å²) in [6.45, 7) is 3.08. The second kappa shape index (κ2) is 8.86. The van der Waals surface area contributed by atoms with Crippen molar-refractivity contribution in [1.82, 2.24) is 9.62 Å². The average Bonchev–Trinajstić information content (AvgIpc) is 2.68. The number of nitrogens with zero attached hydrogens (tertiary/aromatic N) is 1. The Labute approximate surface area is 166 Å². The third-order valence-electron chi connectivity index (χ3n) is 5.00. The van der Waals surface area contributed by atoms with Crippen molar-refractivity contribution in [3.8, 4) is 0 Å². The van der Waals surface area contributed by atoms with Crippen LogP contribution in [0.2, 0.25) is 0 Å². The first-order valence-electron chi connectivity index (χ1n) is 9.35. The Hall–Kier alpha value is -2.22. The Morgan fingerprint density at radius 1 is 1.18 bits per heavy atom. The van der Waals surface area contributed by atoms with Crippen molar-refractivity contribution in [3.63, 3.8) is 0 Å². The Morgan fingerprint density at radius 3 is 2.61 bits per heavy atom. The SMILES string of the molecule is COCCNC(=O)C[C@H]1c2ccccc2CCN1S(=O)(=O)c1ccc(C)cc1. The molecule has 0 saturated carbocycles. The number of fused-ring (bicyclic) bond motifs is 1. The van der Waals surface area contributed by atoms with E-state index in [0.29, 0.717) is 26.1 Å². The summed E-state index contributed by atoms with van der Waals surface area (Å²) < 4.78 is 33.1. The van der Waals surface area contributed by atoms with Gasteiger partial charge in [-0.25, -0.2) is 8.42 Å². The molecule has 1 N–H and O–H groups in total. The molecule has 1 heterocycles. The second-order valence-electron chi connectivity index (χ2n) is 6.94. The molecule has 0 bridgehead atoms. The molecular weight excluding hydrogens is 376 g/mol. The molecule has 1 aliphatic heterocycles. The molecule has 7 heteroatoms. The number of hydrogen-bond acceptors (Lipinski definition) is 4. The largest absolute Gasteiger partial charge is 0.383 e. The molecule has 0 unspecified atom stereocenters. The predicted molar refractivity (Wildman–Crippen MR) is 107 cm³/mol. The van der Waals surface area contributed by atoms with Gasteiger partial charge in [-0.05, 0) is 36.6 Å². The Balaban J connectivity index is 1.92. The van der Waals surface area contributed by atoms with Crippen LogP contribution in [0.3, 0.4) is 0 Å². The van der Waals surface area contributed by atoms with Gasteiger partial charge in [0.15, 0.2) is 0 Å². The standard InChI is InChI=1S/C21H26N2O4S/c1-16-7-9-18(10-8-16)28(25,26)23-13-11-17-5-3-4-6-19(17)20(23)15-21(24)22-12-14-27-2/h3-10,20H,11-15H2,1-2H3,(H,22,24)/t20-/m0/s1. The van der Waals surface area contributed by atoms with Gasteiger partial charge in [0.05, 0.1) is 17.5 Å². The number of aryl methyl sites for hydroxylation is 1. The van der Waals surface area contributed by atoms with Crippen LogP contribution in [0.4, 0.5) is 0 Å². The van der Waals surface area contributed by atoms with Gasteiger partial charge >= 0.3 is 0 Å². The summed E-state index contributed by atoms with van der Waals surface area (Å²) in [5, 5.41) is 2.80. The van der Waals surface area contributed by atoms with Crippen LogP contribution >= 0.6 is 0 Å². The minimum Gasteiger partial charge on any atom is -0.383 e. The number of methoxy groups -OCH3 is 1. The molecule has 0 aromatic heterocycles. The molecule has 2 aromatic carbocycles. The Kier molecular flexibility index (Phi) is 6.49. The number of carbonyl (C=O) groups is 1. The van der Waals surface area contributed by atoms with E-state index in [9.17, 15) is 13.2 Å². The van der Waals surface area contributed by atoms with Gasteiger partial charge in [-0.2, -0.15) is 4.31 Å². The summed E-state index contributed by atoms with van der Waals surface area (Å²) in [6.07, 6.45) is 0.703. The van der Waals surface area contributed by atoms with E-state index in [-0.39, 0.29) is 17.2 Å². The van der Waals surface area contributed by atoms with Gasteiger partial charge in [-0.3, -0.25) is 4.79 Å². The zero-order valence-electron chi connectivity index (χ0n) is 16.2. The molecule has 0 saturated heterocycles. The van der Waals surface area contributed by atoms with Gasteiger partial charge < -0.3 is 10.1 Å². The van der Waals surface area contributed by atoms with E-state index in [1.54, 1.807) is 31.4 Å². The molecule has 3 rings (SSSR count). The molecule has 0 fully saturated rings. The molecule has 150 valence electrons. The van der Waals surface area contributed by atoms with Crippen LogP contribution in [0.15, 0.2) is 53.4 Å². The summed E-state index contributed by atoms with van der Waals surface area (Å²) >= 11 is 0. The maximum atomic E-state index is 13.3. The molecule has 0 aliphatic carbocycles. The highest BCUT2D eigenvalue weighted by Gasteiger charge is 2.37. The number of benzene rings is 2. The lowest BCUT2D eigenvalue weighted by atomic mass is 9.92. The van der Waals surface area contributed by atoms with E-state index in [1.165, 1.54) is 4.31 Å². The van der Waals surface area contributed by atoms with Crippen molar-refractivity contribution in [2.24, 2.45) is 0 Å². The van der Waals surface area contributed by atoms with Crippen LogP contribution in [0.25, 0.3) is 0 Å². The lowest BCUT2D eigenvalue weighted by Crippen LogP contribution is -2.42. The number of hydrogen-bond donors (Lipinski definition) is 1. The smallest absolute Gasteiger partial charge is 0.243 e. The first-order valence-corrected chi connectivity index (χ1v) is 10.8. The molecule has 1 atom stereocenters. The minimum atomic E-state index is -3.71. The number of rotatable bonds is 7. The van der Waals surface area contributed by atoms with Gasteiger partial charge in [-0.15, -0.1) is 0 Å². The zero-order chi connectivity index (χ0) is 20.1. The average molecular weight is 403 g/mol. The molecule has 2 aromatic rings. The normalized spacial score (nSPS) is 17.1. The molecule has 28 heavy (non-hydrogen) atoms. The topological polar surface area (TPSA) is 75.7 Å². The third kappa shape index (κ3) is 4.43. The van der Waals surface area contributed by atoms with E-state index in [1.807, 2.05) is 31.2 Å². The highest BCUT2D eigenvalue weighted by Crippen LogP contribution is 2.36. The second-order valence-corrected chi connectivity index (χ2v) is 8.83. The highest BCUT2D eigenvalue weighted by atomic mass is 32.2. The number of ether oxygens (including phenoxy) is 1. The van der Waals surface area contributed by atoms with E-state index in [0.717, 1.165) is 16.7 Å². The Morgan fingerprint density at radius 2 is 1.89 bits per heavy atom. The fourth-order valence-electron chi connectivity index (χ4n) is 3.51. The molecule has 1 amide bonds. The molecule has 1 aliphatic rings. The van der Waals surface area contributed by atoms with Crippen molar-refractivity contribution in [2.75, 3.05) is 26.8 Å². The van der Waals surface area contributed by atoms with Crippen LogP contribution in [-0.2, 0) is 26.0 Å². The number of sulfonamides is 1. The van der Waals surface area contributed by atoms with Gasteiger partial charge in [0.2, 0.25) is 15.9 Å². The number of nitrogens with one attached hydrogen (secondary N) is 1. The lowest BCUT2D eigenvalue weighted by molar-refractivity contribution is -0.122. The van der Waals surface area contributed by atoms with Crippen molar-refractivity contribution < 1.29 is 17.9 Å². The maximum Gasteiger partial charge on any atom is 0.243 e. The minimum absolute atomic E-state index is 0.0752. The van der Waals surface area contributed by atoms with Gasteiger partial charge in [0.25, 0.3) is 0 Å². The fourth-order valence-corrected chi connectivity index (χ4v) is 5.12. The summed E-state index contributed by atoms with van der Waals surface area (Å²) in [7, 11) is -2.14. The first-order chi connectivity index (χ1) is 13.4. The van der Waals surface area contributed by atoms with Crippen LogP contribution in [-0.4, -0.2) is 45.4 Å². The summed E-state index contributed by atoms with van der Waals surface area (Å²) in [5.41, 5.74) is 2.98. The van der Waals surface area contributed by atoms with Crippen molar-refractivity contribution >= 4 is 15.9 Å². The molecular formula is C21H26N2O4S. The van der Waals surface area contributed by atoms with Gasteiger partial charge in [0.1, 0.15) is 0 Å². The highest BCUT2D eigenvalue weighted by molar-refractivity contribution is 7.89. The summed E-state index contributed by atoms with van der Waals surface area (Å²) in [5.74, 6) is -0.192. The van der Waals surface area contributed by atoms with Crippen LogP contribution in [0.1, 0.15) is 29.2 Å². The van der Waals surface area contributed by atoms with E-state index in [2.05, 4.69) is 5.32 Å². The van der Waals surface area contributed by atoms with Gasteiger partial charge in [-0.1, -0.05) is 42.0 Å². The lowest BCUT2D eigenvalue weighted by Gasteiger charge is -2.36. The van der Waals surface area contributed by atoms with E-state index < -0.39 is 16.1 Å². The maximum absolute atomic E-state index is 13.3. The third-order valence-corrected chi connectivity index (χ3v) is 6.92. The summed E-state index contributed by atoms with van der Waals surface area (Å²) in [4.78, 5) is 12.7. The molecule has 6 nitrogen and oxygen atoms in total. The van der Waals surface area contributed by atoms with Crippen LogP contribution < -0.4 is 5.32 Å². The Bertz CT molecular complexity index is 926. The van der Waals surface area contributed by atoms with Gasteiger partial charge in [0, 0.05) is 26.6 Å². The van der Waals surface area contributed by atoms with Crippen molar-refractivity contribution in [3.05, 3.63) is 65.2 Å². The monoisotopic (exact) mass is 402 g/mol.